The molecular weight excluding hydrogens is 368 g/mol. The zero-order valence-corrected chi connectivity index (χ0v) is 15.5. The van der Waals surface area contributed by atoms with E-state index >= 15 is 0 Å². The lowest BCUT2D eigenvalue weighted by Gasteiger charge is -2.55. The summed E-state index contributed by atoms with van der Waals surface area (Å²) in [6, 6.07) is 10.5. The Morgan fingerprint density at radius 3 is 2.63 bits per heavy atom. The predicted octanol–water partition coefficient (Wildman–Crippen LogP) is 1.97. The second-order valence-electron chi connectivity index (χ2n) is 6.62. The number of halogens is 1. The Balaban J connectivity index is 2.25. The number of amides is 1. The van der Waals surface area contributed by atoms with E-state index in [1.807, 2.05) is 12.1 Å². The van der Waals surface area contributed by atoms with Crippen LogP contribution in [0.5, 0.6) is 0 Å². The molecule has 0 radical (unpaired) electrons. The van der Waals surface area contributed by atoms with Crippen molar-refractivity contribution in [1.29, 1.82) is 10.5 Å². The number of ether oxygens (including phenoxy) is 1. The normalized spacial score (nSPS) is 28.4. The van der Waals surface area contributed by atoms with E-state index in [9.17, 15) is 20.1 Å². The maximum absolute atomic E-state index is 12.8. The highest BCUT2D eigenvalue weighted by molar-refractivity contribution is 6.30. The molecule has 3 aliphatic heterocycles. The first-order chi connectivity index (χ1) is 12.9. The molecule has 2 N–H and O–H groups in total. The van der Waals surface area contributed by atoms with Crippen molar-refractivity contribution in [2.75, 3.05) is 6.61 Å². The molecule has 3 aliphatic rings. The van der Waals surface area contributed by atoms with Gasteiger partial charge in [0.05, 0.1) is 18.2 Å². The fourth-order valence-electron chi connectivity index (χ4n) is 3.98. The van der Waals surface area contributed by atoms with Gasteiger partial charge in [-0.1, -0.05) is 23.7 Å². The third-order valence-corrected chi connectivity index (χ3v) is 5.21. The second-order valence-corrected chi connectivity index (χ2v) is 7.05. The molecule has 4 rings (SSSR count). The highest BCUT2D eigenvalue weighted by Crippen LogP contribution is 2.49. The Morgan fingerprint density at radius 1 is 1.33 bits per heavy atom. The van der Waals surface area contributed by atoms with Gasteiger partial charge in [-0.3, -0.25) is 9.59 Å². The summed E-state index contributed by atoms with van der Waals surface area (Å²) in [6.07, 6.45) is 0. The first-order valence-electron chi connectivity index (χ1n) is 8.43. The van der Waals surface area contributed by atoms with Gasteiger partial charge in [0.25, 0.3) is 0 Å². The van der Waals surface area contributed by atoms with Gasteiger partial charge in [0, 0.05) is 10.9 Å². The van der Waals surface area contributed by atoms with Crippen LogP contribution in [0.4, 0.5) is 0 Å². The highest BCUT2D eigenvalue weighted by atomic mass is 35.5. The smallest absolute Gasteiger partial charge is 0.313 e. The summed E-state index contributed by atoms with van der Waals surface area (Å²) in [5.41, 5.74) is -0.507. The molecule has 27 heavy (non-hydrogen) atoms. The van der Waals surface area contributed by atoms with Crippen molar-refractivity contribution in [3.63, 3.8) is 0 Å². The Morgan fingerprint density at radius 2 is 2.04 bits per heavy atom. The molecule has 4 atom stereocenters. The minimum Gasteiger partial charge on any atom is -0.466 e. The van der Waals surface area contributed by atoms with E-state index in [4.69, 9.17) is 16.3 Å². The van der Waals surface area contributed by atoms with Gasteiger partial charge in [-0.2, -0.15) is 10.5 Å². The Hall–Kier alpha value is -3.03. The molecule has 0 spiro atoms. The van der Waals surface area contributed by atoms with Gasteiger partial charge < -0.3 is 15.4 Å². The summed E-state index contributed by atoms with van der Waals surface area (Å²) in [4.78, 5) is 25.6. The standard InChI is InChI=1S/C19H17ClN4O3/c1-3-27-18(26)15-13(10-5-4-6-12(20)7-10)14-16(11(8-21)9-22)23-19(15,2)24-17(14)25/h4-7,13-15,23H,3H2,1-2H3,(H,24,25). The number of nitrogens with one attached hydrogen (secondary N) is 2. The number of esters is 1. The molecule has 7 nitrogen and oxygen atoms in total. The molecule has 8 heteroatoms. The first-order valence-corrected chi connectivity index (χ1v) is 8.80. The maximum atomic E-state index is 12.8. The van der Waals surface area contributed by atoms with Gasteiger partial charge in [0.15, 0.2) is 0 Å². The van der Waals surface area contributed by atoms with Crippen molar-refractivity contribution in [3.05, 3.63) is 46.1 Å². The predicted molar refractivity (Wildman–Crippen MR) is 95.7 cm³/mol. The van der Waals surface area contributed by atoms with Gasteiger partial charge in [-0.15, -0.1) is 0 Å². The Labute approximate surface area is 161 Å². The van der Waals surface area contributed by atoms with Gasteiger partial charge >= 0.3 is 5.97 Å². The molecule has 0 saturated carbocycles. The molecule has 1 aromatic carbocycles. The van der Waals surface area contributed by atoms with Crippen LogP contribution in [0, 0.1) is 34.5 Å². The lowest BCUT2D eigenvalue weighted by molar-refractivity contribution is -0.160. The molecule has 3 saturated heterocycles. The number of hydrogen-bond acceptors (Lipinski definition) is 6. The molecule has 2 bridgehead atoms. The fraction of sp³-hybridized carbons (Fsp3) is 0.368. The summed E-state index contributed by atoms with van der Waals surface area (Å²) < 4.78 is 5.26. The van der Waals surface area contributed by atoms with Crippen LogP contribution in [0.1, 0.15) is 25.3 Å². The van der Waals surface area contributed by atoms with E-state index < -0.39 is 29.4 Å². The van der Waals surface area contributed by atoms with E-state index in [1.165, 1.54) is 0 Å². The fourth-order valence-corrected chi connectivity index (χ4v) is 4.18. The molecule has 0 aromatic heterocycles. The molecule has 0 aliphatic carbocycles. The number of carbonyl (C=O) groups is 2. The monoisotopic (exact) mass is 384 g/mol. The number of nitriles is 2. The lowest BCUT2D eigenvalue weighted by Crippen LogP contribution is -2.75. The van der Waals surface area contributed by atoms with Crippen molar-refractivity contribution >= 4 is 23.5 Å². The highest BCUT2D eigenvalue weighted by Gasteiger charge is 2.61. The van der Waals surface area contributed by atoms with E-state index in [0.717, 1.165) is 0 Å². The number of allylic oxidation sites excluding steroid dienone is 1. The second kappa shape index (κ2) is 6.94. The summed E-state index contributed by atoms with van der Waals surface area (Å²) >= 11 is 6.13. The SMILES string of the molecule is CCOC(=O)C1C(c2cccc(Cl)c2)C2C(=O)NC1(C)NC2=C(C#N)C#N. The molecule has 1 amide bonds. The van der Waals surface area contributed by atoms with Crippen molar-refractivity contribution in [2.45, 2.75) is 25.4 Å². The van der Waals surface area contributed by atoms with E-state index in [-0.39, 0.29) is 23.8 Å². The van der Waals surface area contributed by atoms with Crippen LogP contribution >= 0.6 is 11.6 Å². The van der Waals surface area contributed by atoms with E-state index in [0.29, 0.717) is 10.6 Å². The van der Waals surface area contributed by atoms with Crippen molar-refractivity contribution in [2.24, 2.45) is 11.8 Å². The number of fused-ring (bicyclic) bond motifs is 3. The summed E-state index contributed by atoms with van der Waals surface area (Å²) in [6.45, 7) is 3.54. The van der Waals surface area contributed by atoms with Gasteiger partial charge in [-0.25, -0.2) is 0 Å². The van der Waals surface area contributed by atoms with Crippen LogP contribution in [-0.4, -0.2) is 24.1 Å². The summed E-state index contributed by atoms with van der Waals surface area (Å²) in [5, 5.41) is 24.9. The lowest BCUT2D eigenvalue weighted by atomic mass is 9.63. The average molecular weight is 385 g/mol. The average Bonchev–Trinajstić information content (AvgIpc) is 2.61. The number of piperidine rings is 2. The van der Waals surface area contributed by atoms with Crippen LogP contribution in [0.25, 0.3) is 0 Å². The topological polar surface area (TPSA) is 115 Å². The molecule has 138 valence electrons. The number of benzene rings is 1. The number of nitrogens with zero attached hydrogens (tertiary/aromatic N) is 2. The number of hydrogen-bond donors (Lipinski definition) is 2. The third kappa shape index (κ3) is 3.01. The summed E-state index contributed by atoms with van der Waals surface area (Å²) in [5.74, 6) is -3.14. The minimum absolute atomic E-state index is 0.185. The van der Waals surface area contributed by atoms with Gasteiger partial charge in [0.1, 0.15) is 29.3 Å². The molecule has 1 aromatic rings. The van der Waals surface area contributed by atoms with Crippen molar-refractivity contribution < 1.29 is 14.3 Å². The largest absolute Gasteiger partial charge is 0.466 e. The van der Waals surface area contributed by atoms with Crippen LogP contribution < -0.4 is 10.6 Å². The van der Waals surface area contributed by atoms with Crippen LogP contribution in [-0.2, 0) is 14.3 Å². The quantitative estimate of drug-likeness (QED) is 0.608. The third-order valence-electron chi connectivity index (χ3n) is 4.98. The molecule has 4 unspecified atom stereocenters. The Bertz CT molecular complexity index is 914. The van der Waals surface area contributed by atoms with Gasteiger partial charge in [0.2, 0.25) is 5.91 Å². The first kappa shape index (κ1) is 18.8. The van der Waals surface area contributed by atoms with Crippen molar-refractivity contribution in [3.8, 4) is 12.1 Å². The van der Waals surface area contributed by atoms with E-state index in [1.54, 1.807) is 38.1 Å². The Kier molecular flexibility index (Phi) is 4.82. The van der Waals surface area contributed by atoms with Crippen molar-refractivity contribution in [1.82, 2.24) is 10.6 Å². The maximum Gasteiger partial charge on any atom is 0.313 e. The van der Waals surface area contributed by atoms with Crippen LogP contribution in [0.2, 0.25) is 5.02 Å². The molecule has 3 fully saturated rings. The number of carbonyl (C=O) groups excluding carboxylic acids is 2. The molecule has 3 heterocycles. The minimum atomic E-state index is -1.21. The number of rotatable bonds is 3. The zero-order chi connectivity index (χ0) is 19.8. The van der Waals surface area contributed by atoms with E-state index in [2.05, 4.69) is 10.6 Å². The zero-order valence-electron chi connectivity index (χ0n) is 14.7. The van der Waals surface area contributed by atoms with Crippen LogP contribution in [0.3, 0.4) is 0 Å². The van der Waals surface area contributed by atoms with Crippen LogP contribution in [0.15, 0.2) is 35.5 Å². The molecular formula is C19H17ClN4O3. The van der Waals surface area contributed by atoms with Gasteiger partial charge in [-0.05, 0) is 31.5 Å². The summed E-state index contributed by atoms with van der Waals surface area (Å²) in [7, 11) is 0.